The van der Waals surface area contributed by atoms with Crippen molar-refractivity contribution in [2.45, 2.75) is 225 Å². The van der Waals surface area contributed by atoms with Gasteiger partial charge in [0.05, 0.1) is 26.4 Å². The smallest absolute Gasteiger partial charge is 0.377 e. The predicted molar refractivity (Wildman–Crippen MR) is 239 cm³/mol. The fourth-order valence-corrected chi connectivity index (χ4v) is 8.19. The average Bonchev–Trinajstić information content (AvgIpc) is 3.21. The van der Waals surface area contributed by atoms with E-state index in [-0.39, 0.29) is 51.3 Å². The van der Waals surface area contributed by atoms with Crippen molar-refractivity contribution < 1.29 is 51.3 Å². The number of unbranched alkanes of at least 4 members (excludes halogenated alkanes) is 28. The second-order valence-corrected chi connectivity index (χ2v) is 19.1. The molecule has 15 heteroatoms. The maximum Gasteiger partial charge on any atom is 0.472 e. The molecule has 13 nitrogen and oxygen atoms in total. The van der Waals surface area contributed by atoms with Gasteiger partial charge in [-0.2, -0.15) is 0 Å². The van der Waals surface area contributed by atoms with Gasteiger partial charge in [0, 0.05) is 33.0 Å². The van der Waals surface area contributed by atoms with Gasteiger partial charge in [0.1, 0.15) is 6.10 Å². The Balaban J connectivity index is 4.42. The summed E-state index contributed by atoms with van der Waals surface area (Å²) in [4.78, 5) is 44.9. The van der Waals surface area contributed by atoms with Gasteiger partial charge < -0.3 is 25.2 Å². The van der Waals surface area contributed by atoms with Crippen LogP contribution in [-0.2, 0) is 41.6 Å². The Morgan fingerprint density at radius 3 is 1.05 bits per heavy atom. The quantitative estimate of drug-likeness (QED) is 0.0337. The second-order valence-electron chi connectivity index (χ2n) is 16.1. The van der Waals surface area contributed by atoms with Gasteiger partial charge in [-0.05, 0) is 12.8 Å². The van der Waals surface area contributed by atoms with Gasteiger partial charge in [-0.25, -0.2) is 9.13 Å². The van der Waals surface area contributed by atoms with Gasteiger partial charge >= 0.3 is 15.6 Å². The van der Waals surface area contributed by atoms with Crippen molar-refractivity contribution in [1.82, 2.24) is 10.6 Å². The van der Waals surface area contributed by atoms with Crippen molar-refractivity contribution in [1.29, 1.82) is 0 Å². The minimum Gasteiger partial charge on any atom is -0.377 e. The third kappa shape index (κ3) is 43.6. The highest BCUT2D eigenvalue weighted by Gasteiger charge is 2.27. The number of ether oxygens (including phenoxy) is 1. The van der Waals surface area contributed by atoms with E-state index >= 15 is 0 Å². The summed E-state index contributed by atoms with van der Waals surface area (Å²) in [6, 6.07) is 0. The first-order chi connectivity index (χ1) is 28.5. The lowest BCUT2D eigenvalue weighted by Crippen LogP contribution is -2.41. The molecule has 0 saturated carbocycles. The summed E-state index contributed by atoms with van der Waals surface area (Å²) in [5, 5.41) is 5.58. The molecule has 352 valence electrons. The third-order valence-corrected chi connectivity index (χ3v) is 12.6. The van der Waals surface area contributed by atoms with E-state index in [0.29, 0.717) is 12.8 Å². The number of carbonyl (C=O) groups is 2. The SMILES string of the molecule is CCCCCCCCCCCCCCCCCC(=O)NCC(CNC(=O)CCCCCCCCCCCCCCCCC)OP(=O)(O)OCCOCCOP(=O)(O)OC. The Bertz CT molecular complexity index is 1010. The lowest BCUT2D eigenvalue weighted by atomic mass is 10.0. The van der Waals surface area contributed by atoms with E-state index < -0.39 is 21.7 Å². The zero-order valence-corrected chi connectivity index (χ0v) is 39.7. The fourth-order valence-electron chi connectivity index (χ4n) is 6.89. The molecule has 0 heterocycles. The number of carbonyl (C=O) groups excluding carboxylic acids is 2. The van der Waals surface area contributed by atoms with Crippen molar-refractivity contribution in [2.24, 2.45) is 0 Å². The molecule has 2 atom stereocenters. The molecule has 2 unspecified atom stereocenters. The number of phosphoric acid groups is 2. The van der Waals surface area contributed by atoms with E-state index in [2.05, 4.69) is 33.5 Å². The van der Waals surface area contributed by atoms with Crippen LogP contribution in [0.3, 0.4) is 0 Å². The molecule has 0 spiro atoms. The predicted octanol–water partition coefficient (Wildman–Crippen LogP) is 12.0. The molecule has 0 bridgehead atoms. The molecule has 2 amide bonds. The number of amides is 2. The van der Waals surface area contributed by atoms with Gasteiger partial charge in [-0.1, -0.05) is 194 Å². The van der Waals surface area contributed by atoms with Crippen LogP contribution in [0.1, 0.15) is 219 Å². The monoisotopic (exact) mass is 885 g/mol. The lowest BCUT2D eigenvalue weighted by molar-refractivity contribution is -0.121. The summed E-state index contributed by atoms with van der Waals surface area (Å²) < 4.78 is 48.6. The first kappa shape index (κ1) is 58.1. The molecule has 59 heavy (non-hydrogen) atoms. The van der Waals surface area contributed by atoms with Crippen LogP contribution in [0.25, 0.3) is 0 Å². The molecule has 0 aromatic carbocycles. The lowest BCUT2D eigenvalue weighted by Gasteiger charge is -2.22. The zero-order chi connectivity index (χ0) is 43.6. The van der Waals surface area contributed by atoms with Gasteiger partial charge in [-0.3, -0.25) is 27.7 Å². The first-order valence-electron chi connectivity index (χ1n) is 23.8. The number of hydrogen-bond acceptors (Lipinski definition) is 9. The van der Waals surface area contributed by atoms with Crippen LogP contribution >= 0.6 is 15.6 Å². The van der Waals surface area contributed by atoms with Gasteiger partial charge in [0.2, 0.25) is 11.8 Å². The summed E-state index contributed by atoms with van der Waals surface area (Å²) in [5.74, 6) is -0.356. The summed E-state index contributed by atoms with van der Waals surface area (Å²) in [6.07, 6.45) is 37.0. The summed E-state index contributed by atoms with van der Waals surface area (Å²) in [7, 11) is -7.66. The molecule has 0 aliphatic heterocycles. The molecule has 0 aliphatic carbocycles. The minimum absolute atomic E-state index is 0.0702. The summed E-state index contributed by atoms with van der Waals surface area (Å²) >= 11 is 0. The van der Waals surface area contributed by atoms with Crippen molar-refractivity contribution in [3.05, 3.63) is 0 Å². The molecule has 4 N–H and O–H groups in total. The molecule has 0 aromatic heterocycles. The highest BCUT2D eigenvalue weighted by atomic mass is 31.2. The maximum atomic E-state index is 12.7. The number of phosphoric ester groups is 2. The number of hydrogen-bond donors (Lipinski definition) is 4. The molecule has 0 rings (SSSR count). The third-order valence-electron chi connectivity index (χ3n) is 10.5. The van der Waals surface area contributed by atoms with E-state index in [0.717, 1.165) is 45.6 Å². The molecular formula is C44H90N2O11P2. The summed E-state index contributed by atoms with van der Waals surface area (Å²) in [6.45, 7) is 3.64. The Labute approximate surface area is 360 Å². The maximum absolute atomic E-state index is 12.7. The van der Waals surface area contributed by atoms with E-state index in [9.17, 15) is 28.5 Å². The van der Waals surface area contributed by atoms with Crippen molar-refractivity contribution in [2.75, 3.05) is 46.6 Å². The van der Waals surface area contributed by atoms with Crippen LogP contribution in [0.4, 0.5) is 0 Å². The van der Waals surface area contributed by atoms with Gasteiger partial charge in [0.25, 0.3) is 0 Å². The first-order valence-corrected chi connectivity index (χ1v) is 26.8. The molecule has 0 saturated heterocycles. The Kier molecular flexibility index (Phi) is 41.8. The highest BCUT2D eigenvalue weighted by Crippen LogP contribution is 2.44. The van der Waals surface area contributed by atoms with Crippen LogP contribution in [0.15, 0.2) is 0 Å². The fraction of sp³-hybridized carbons (Fsp3) is 0.955. The van der Waals surface area contributed by atoms with Crippen molar-refractivity contribution in [3.8, 4) is 0 Å². The normalized spacial score (nSPS) is 13.7. The average molecular weight is 885 g/mol. The van der Waals surface area contributed by atoms with Crippen LogP contribution < -0.4 is 10.6 Å². The zero-order valence-electron chi connectivity index (χ0n) is 37.9. The molecule has 0 fully saturated rings. The van der Waals surface area contributed by atoms with E-state index in [1.807, 2.05) is 0 Å². The minimum atomic E-state index is -4.58. The number of nitrogens with one attached hydrogen (secondary N) is 2. The van der Waals surface area contributed by atoms with Crippen LogP contribution in [0, 0.1) is 0 Å². The molecule has 0 aromatic rings. The Hall–Kier alpha value is -0.880. The molecule has 0 radical (unpaired) electrons. The molecular weight excluding hydrogens is 794 g/mol. The van der Waals surface area contributed by atoms with Crippen molar-refractivity contribution >= 4 is 27.5 Å². The largest absolute Gasteiger partial charge is 0.472 e. The second kappa shape index (κ2) is 42.4. The topological polar surface area (TPSA) is 179 Å². The van der Waals surface area contributed by atoms with Gasteiger partial charge in [0.15, 0.2) is 0 Å². The van der Waals surface area contributed by atoms with Crippen LogP contribution in [-0.4, -0.2) is 74.3 Å². The van der Waals surface area contributed by atoms with Crippen LogP contribution in [0.2, 0.25) is 0 Å². The van der Waals surface area contributed by atoms with Gasteiger partial charge in [-0.15, -0.1) is 0 Å². The molecule has 0 aliphatic rings. The standard InChI is InChI=1S/C44H90N2O11P2/c1-4-6-8-10-12-14-16-18-20-22-24-26-28-30-32-34-43(47)45-40-42(57-59(51,52)56-39-37-54-36-38-55-58(49,50)53-3)41-46-44(48)35-33-31-29-27-25-23-21-19-17-15-13-11-9-7-5-2/h42H,4-41H2,1-3H3,(H,45,47)(H,46,48)(H,49,50)(H,51,52). The van der Waals surface area contributed by atoms with E-state index in [4.69, 9.17) is 13.8 Å². The Morgan fingerprint density at radius 2 is 0.746 bits per heavy atom. The Morgan fingerprint density at radius 1 is 0.458 bits per heavy atom. The van der Waals surface area contributed by atoms with Crippen molar-refractivity contribution in [3.63, 3.8) is 0 Å². The van der Waals surface area contributed by atoms with E-state index in [1.54, 1.807) is 0 Å². The number of rotatable bonds is 47. The van der Waals surface area contributed by atoms with Crippen LogP contribution in [0.5, 0.6) is 0 Å². The summed E-state index contributed by atoms with van der Waals surface area (Å²) in [5.41, 5.74) is 0. The van der Waals surface area contributed by atoms with E-state index in [1.165, 1.54) is 154 Å². The highest BCUT2D eigenvalue weighted by molar-refractivity contribution is 7.47.